The number of amides is 1. The molecule has 4 heterocycles. The maximum atomic E-state index is 12.9. The standard InChI is InChI=1S/C25H28N4O2S2/c1-27-9-11-28(12-10-27)7-2-8-29-16-18-13-17(3-5-20(18)25(29)31)23-6-4-19(33-23)14-21-22(30)15-24(32)26-21/h3-6,13-14H,2,7-12,15-16H2,1H3,(H,26,32)/b21-14+. The van der Waals surface area contributed by atoms with Gasteiger partial charge in [0.25, 0.3) is 5.91 Å². The summed E-state index contributed by atoms with van der Waals surface area (Å²) in [6.45, 7) is 7.01. The number of hydrogen-bond acceptors (Lipinski definition) is 6. The topological polar surface area (TPSA) is 55.9 Å². The first-order valence-corrected chi connectivity index (χ1v) is 12.7. The summed E-state index contributed by atoms with van der Waals surface area (Å²) in [5.41, 5.74) is 3.60. The summed E-state index contributed by atoms with van der Waals surface area (Å²) in [5, 5.41) is 2.99. The highest BCUT2D eigenvalue weighted by atomic mass is 32.1. The molecule has 0 unspecified atom stereocenters. The molecular weight excluding hydrogens is 452 g/mol. The van der Waals surface area contributed by atoms with Crippen molar-refractivity contribution in [2.75, 3.05) is 46.3 Å². The third kappa shape index (κ3) is 4.94. The summed E-state index contributed by atoms with van der Waals surface area (Å²) in [7, 11) is 2.17. The number of nitrogens with zero attached hydrogens (tertiary/aromatic N) is 3. The zero-order valence-corrected chi connectivity index (χ0v) is 20.4. The molecule has 172 valence electrons. The van der Waals surface area contributed by atoms with E-state index in [1.807, 2.05) is 29.2 Å². The van der Waals surface area contributed by atoms with E-state index in [1.54, 1.807) is 11.3 Å². The van der Waals surface area contributed by atoms with Gasteiger partial charge in [-0.15, -0.1) is 11.3 Å². The van der Waals surface area contributed by atoms with Gasteiger partial charge in [0.1, 0.15) is 0 Å². The first-order valence-electron chi connectivity index (χ1n) is 11.4. The minimum absolute atomic E-state index is 0.0405. The summed E-state index contributed by atoms with van der Waals surface area (Å²) < 4.78 is 0. The second-order valence-electron chi connectivity index (χ2n) is 9.01. The Morgan fingerprint density at radius 1 is 1.09 bits per heavy atom. The third-order valence-electron chi connectivity index (χ3n) is 6.58. The molecule has 0 aliphatic carbocycles. The molecule has 0 saturated carbocycles. The average Bonchev–Trinajstić information content (AvgIpc) is 3.48. The Morgan fingerprint density at radius 3 is 2.67 bits per heavy atom. The van der Waals surface area contributed by atoms with Crippen LogP contribution in [0.2, 0.25) is 0 Å². The summed E-state index contributed by atoms with van der Waals surface area (Å²) in [5.74, 6) is 0.187. The number of likely N-dealkylation sites (N-methyl/N-ethyl adjacent to an activating group) is 1. The summed E-state index contributed by atoms with van der Waals surface area (Å²) in [6.07, 6.45) is 3.17. The minimum atomic E-state index is 0.0405. The van der Waals surface area contributed by atoms with Crippen LogP contribution >= 0.6 is 23.6 Å². The summed E-state index contributed by atoms with van der Waals surface area (Å²) >= 11 is 6.73. The molecule has 33 heavy (non-hydrogen) atoms. The number of Topliss-reactive ketones (excluding diaryl/α,β-unsaturated/α-hetero) is 1. The fourth-order valence-electron chi connectivity index (χ4n) is 4.62. The van der Waals surface area contributed by atoms with Crippen LogP contribution in [0.1, 0.15) is 33.6 Å². The number of nitrogens with one attached hydrogen (secondary N) is 1. The molecule has 8 heteroatoms. The van der Waals surface area contributed by atoms with Crippen molar-refractivity contribution in [3.05, 3.63) is 52.0 Å². The molecule has 0 radical (unpaired) electrons. The van der Waals surface area contributed by atoms with Crippen molar-refractivity contribution in [1.29, 1.82) is 0 Å². The van der Waals surface area contributed by atoms with E-state index in [-0.39, 0.29) is 11.7 Å². The first-order chi connectivity index (χ1) is 16.0. The Morgan fingerprint density at radius 2 is 1.91 bits per heavy atom. The number of hydrogen-bond donors (Lipinski definition) is 1. The highest BCUT2D eigenvalue weighted by Gasteiger charge is 2.27. The van der Waals surface area contributed by atoms with Crippen molar-refractivity contribution in [3.8, 4) is 10.4 Å². The van der Waals surface area contributed by atoms with Crippen molar-refractivity contribution in [3.63, 3.8) is 0 Å². The number of ketones is 1. The van der Waals surface area contributed by atoms with Crippen LogP contribution in [0.4, 0.5) is 0 Å². The molecule has 2 saturated heterocycles. The van der Waals surface area contributed by atoms with Crippen molar-refractivity contribution in [2.24, 2.45) is 0 Å². The van der Waals surface area contributed by atoms with Gasteiger partial charge in [-0.05, 0) is 61.5 Å². The van der Waals surface area contributed by atoms with Crippen LogP contribution in [-0.2, 0) is 11.3 Å². The van der Waals surface area contributed by atoms with Crippen molar-refractivity contribution >= 4 is 46.3 Å². The van der Waals surface area contributed by atoms with Gasteiger partial charge in [-0.3, -0.25) is 9.59 Å². The van der Waals surface area contributed by atoms with E-state index in [1.165, 1.54) is 0 Å². The van der Waals surface area contributed by atoms with Gasteiger partial charge in [-0.25, -0.2) is 0 Å². The minimum Gasteiger partial charge on any atom is -0.347 e. The predicted octanol–water partition coefficient (Wildman–Crippen LogP) is 3.24. The van der Waals surface area contributed by atoms with Crippen LogP contribution in [0.25, 0.3) is 16.5 Å². The number of thiocarbonyl (C=S) groups is 1. The van der Waals surface area contributed by atoms with E-state index in [0.29, 0.717) is 23.7 Å². The quantitative estimate of drug-likeness (QED) is 0.506. The monoisotopic (exact) mass is 480 g/mol. The number of carbonyl (C=O) groups is 2. The molecule has 2 fully saturated rings. The Kier molecular flexibility index (Phi) is 6.42. The third-order valence-corrected chi connectivity index (χ3v) is 7.90. The lowest BCUT2D eigenvalue weighted by molar-refractivity contribution is -0.114. The highest BCUT2D eigenvalue weighted by Crippen LogP contribution is 2.33. The fraction of sp³-hybridized carbons (Fsp3) is 0.400. The predicted molar refractivity (Wildman–Crippen MR) is 136 cm³/mol. The molecule has 1 N–H and O–H groups in total. The number of carbonyl (C=O) groups excluding carboxylic acids is 2. The SMILES string of the molecule is CN1CCN(CCCN2Cc3cc(-c4ccc(/C=C5/NC(=S)CC5=O)s4)ccc3C2=O)CC1. The summed E-state index contributed by atoms with van der Waals surface area (Å²) in [6, 6.07) is 10.2. The van der Waals surface area contributed by atoms with Crippen LogP contribution in [-0.4, -0.2) is 77.7 Å². The van der Waals surface area contributed by atoms with E-state index in [4.69, 9.17) is 12.2 Å². The normalized spacial score (nSPS) is 20.7. The Balaban J connectivity index is 1.22. The van der Waals surface area contributed by atoms with Crippen LogP contribution in [0.3, 0.4) is 0 Å². The van der Waals surface area contributed by atoms with Gasteiger partial charge in [-0.1, -0.05) is 18.3 Å². The molecule has 0 atom stereocenters. The van der Waals surface area contributed by atoms with Gasteiger partial charge in [0.15, 0.2) is 5.78 Å². The molecule has 1 amide bonds. The molecule has 1 aromatic heterocycles. The number of fused-ring (bicyclic) bond motifs is 1. The fourth-order valence-corrected chi connectivity index (χ4v) is 5.81. The molecule has 0 bridgehead atoms. The maximum absolute atomic E-state index is 12.9. The van der Waals surface area contributed by atoms with E-state index in [0.717, 1.165) is 72.1 Å². The second kappa shape index (κ2) is 9.46. The van der Waals surface area contributed by atoms with E-state index in [2.05, 4.69) is 34.3 Å². The van der Waals surface area contributed by atoms with Gasteiger partial charge in [0, 0.05) is 54.6 Å². The molecule has 3 aliphatic heterocycles. The Hall–Kier alpha value is -2.39. The van der Waals surface area contributed by atoms with Crippen molar-refractivity contribution in [1.82, 2.24) is 20.0 Å². The number of allylic oxidation sites excluding steroid dienone is 1. The van der Waals surface area contributed by atoms with Crippen LogP contribution in [0.15, 0.2) is 36.0 Å². The van der Waals surface area contributed by atoms with Crippen molar-refractivity contribution in [2.45, 2.75) is 19.4 Å². The maximum Gasteiger partial charge on any atom is 0.254 e. The lowest BCUT2D eigenvalue weighted by Crippen LogP contribution is -2.45. The van der Waals surface area contributed by atoms with E-state index >= 15 is 0 Å². The van der Waals surface area contributed by atoms with Gasteiger partial charge in [-0.2, -0.15) is 0 Å². The van der Waals surface area contributed by atoms with Crippen LogP contribution < -0.4 is 5.32 Å². The second-order valence-corrected chi connectivity index (χ2v) is 10.6. The molecule has 2 aromatic rings. The van der Waals surface area contributed by atoms with Gasteiger partial charge in [0.2, 0.25) is 0 Å². The van der Waals surface area contributed by atoms with Gasteiger partial charge < -0.3 is 20.0 Å². The molecule has 5 rings (SSSR count). The molecule has 6 nitrogen and oxygen atoms in total. The lowest BCUT2D eigenvalue weighted by Gasteiger charge is -2.32. The molecular formula is C25H28N4O2S2. The molecule has 0 spiro atoms. The molecule has 1 aromatic carbocycles. The summed E-state index contributed by atoms with van der Waals surface area (Å²) in [4.78, 5) is 34.4. The number of benzene rings is 1. The smallest absolute Gasteiger partial charge is 0.254 e. The van der Waals surface area contributed by atoms with Crippen molar-refractivity contribution < 1.29 is 9.59 Å². The Labute approximate surface area is 203 Å². The van der Waals surface area contributed by atoms with Crippen LogP contribution in [0, 0.1) is 0 Å². The zero-order valence-electron chi connectivity index (χ0n) is 18.8. The van der Waals surface area contributed by atoms with Gasteiger partial charge >= 0.3 is 0 Å². The number of piperazine rings is 1. The lowest BCUT2D eigenvalue weighted by atomic mass is 10.1. The van der Waals surface area contributed by atoms with E-state index < -0.39 is 0 Å². The van der Waals surface area contributed by atoms with E-state index in [9.17, 15) is 9.59 Å². The highest BCUT2D eigenvalue weighted by molar-refractivity contribution is 7.80. The van der Waals surface area contributed by atoms with Crippen LogP contribution in [0.5, 0.6) is 0 Å². The Bertz CT molecular complexity index is 1130. The number of rotatable bonds is 6. The number of thiophene rings is 1. The largest absolute Gasteiger partial charge is 0.347 e. The average molecular weight is 481 g/mol. The first kappa shape index (κ1) is 22.4. The van der Waals surface area contributed by atoms with Gasteiger partial charge in [0.05, 0.1) is 17.1 Å². The zero-order chi connectivity index (χ0) is 22.9. The molecule has 3 aliphatic rings.